The summed E-state index contributed by atoms with van der Waals surface area (Å²) in [5.74, 6) is -0.806. The van der Waals surface area contributed by atoms with E-state index in [0.29, 0.717) is 6.42 Å². The van der Waals surface area contributed by atoms with Crippen LogP contribution in [0, 0.1) is 5.82 Å². The molecule has 186 valence electrons. The average molecular weight is 493 g/mol. The molecule has 1 saturated heterocycles. The standard InChI is InChI=1S/C13H14FNO3.C10H8F6/c1-18-8-13(11(16)6-12(17)15-13)7-9-2-4-10(14)5-3-9;1-2-6-3-7(9(11,12)13)5-8(4-6)10(14,15)16/h2-5H,6-8H2,1H3,(H,15,17);3-5H,2H2,1H3/t13-;/m0./s1. The van der Waals surface area contributed by atoms with Gasteiger partial charge in [0.05, 0.1) is 24.2 Å². The maximum atomic E-state index is 12.8. The number of benzene rings is 2. The molecule has 34 heavy (non-hydrogen) atoms. The van der Waals surface area contributed by atoms with Gasteiger partial charge < -0.3 is 10.1 Å². The van der Waals surface area contributed by atoms with Crippen molar-refractivity contribution in [3.8, 4) is 0 Å². The van der Waals surface area contributed by atoms with E-state index in [0.717, 1.165) is 17.7 Å². The molecule has 4 nitrogen and oxygen atoms in total. The number of aryl methyl sites for hydroxylation is 1. The maximum absolute atomic E-state index is 12.8. The predicted molar refractivity (Wildman–Crippen MR) is 108 cm³/mol. The summed E-state index contributed by atoms with van der Waals surface area (Å²) >= 11 is 0. The van der Waals surface area contributed by atoms with Crippen LogP contribution in [0.25, 0.3) is 0 Å². The monoisotopic (exact) mass is 493 g/mol. The Morgan fingerprint density at radius 1 is 0.912 bits per heavy atom. The molecule has 0 unspecified atom stereocenters. The molecule has 1 aliphatic rings. The van der Waals surface area contributed by atoms with Crippen LogP contribution >= 0.6 is 0 Å². The zero-order valence-corrected chi connectivity index (χ0v) is 18.2. The van der Waals surface area contributed by atoms with Gasteiger partial charge in [0.25, 0.3) is 0 Å². The van der Waals surface area contributed by atoms with Gasteiger partial charge in [-0.3, -0.25) is 9.59 Å². The average Bonchev–Trinajstić information content (AvgIpc) is 3.01. The van der Waals surface area contributed by atoms with Crippen molar-refractivity contribution in [3.05, 3.63) is 70.5 Å². The van der Waals surface area contributed by atoms with Gasteiger partial charge in [0.1, 0.15) is 11.4 Å². The van der Waals surface area contributed by atoms with Gasteiger partial charge in [0, 0.05) is 13.5 Å². The van der Waals surface area contributed by atoms with Crippen LogP contribution in [0.2, 0.25) is 0 Å². The van der Waals surface area contributed by atoms with Gasteiger partial charge in [0.2, 0.25) is 5.91 Å². The summed E-state index contributed by atoms with van der Waals surface area (Å²) < 4.78 is 91.7. The molecule has 1 atom stereocenters. The molecule has 2 aromatic rings. The van der Waals surface area contributed by atoms with Crippen molar-refractivity contribution in [3.63, 3.8) is 0 Å². The summed E-state index contributed by atoms with van der Waals surface area (Å²) in [4.78, 5) is 23.3. The minimum absolute atomic E-state index is 0.0159. The summed E-state index contributed by atoms with van der Waals surface area (Å²) in [6.45, 7) is 1.62. The Bertz CT molecular complexity index is 984. The minimum atomic E-state index is -4.76. The number of hydrogen-bond donors (Lipinski definition) is 1. The lowest BCUT2D eigenvalue weighted by molar-refractivity contribution is -0.143. The number of methoxy groups -OCH3 is 1. The molecule has 1 N–H and O–H groups in total. The van der Waals surface area contributed by atoms with Crippen LogP contribution in [-0.4, -0.2) is 30.9 Å². The molecule has 3 rings (SSSR count). The van der Waals surface area contributed by atoms with Crippen LogP contribution in [0.5, 0.6) is 0 Å². The van der Waals surface area contributed by atoms with Crippen molar-refractivity contribution in [2.24, 2.45) is 0 Å². The Morgan fingerprint density at radius 2 is 1.44 bits per heavy atom. The molecule has 0 radical (unpaired) electrons. The number of alkyl halides is 6. The number of nitrogens with one attached hydrogen (secondary N) is 1. The smallest absolute Gasteiger partial charge is 0.382 e. The Labute approximate surface area is 191 Å². The number of halogens is 7. The molecule has 0 saturated carbocycles. The third-order valence-corrected chi connectivity index (χ3v) is 5.10. The number of ether oxygens (including phenoxy) is 1. The van der Waals surface area contributed by atoms with Gasteiger partial charge in [0.15, 0.2) is 5.78 Å². The van der Waals surface area contributed by atoms with Crippen molar-refractivity contribution in [2.75, 3.05) is 13.7 Å². The fourth-order valence-electron chi connectivity index (χ4n) is 3.43. The first kappa shape index (κ1) is 27.3. The first-order valence-corrected chi connectivity index (χ1v) is 10.1. The normalized spacial score (nSPS) is 18.4. The zero-order chi connectivity index (χ0) is 25.7. The Kier molecular flexibility index (Phi) is 8.46. The largest absolute Gasteiger partial charge is 0.416 e. The lowest BCUT2D eigenvalue weighted by Gasteiger charge is -2.26. The van der Waals surface area contributed by atoms with Gasteiger partial charge in [-0.25, -0.2) is 4.39 Å². The Morgan fingerprint density at radius 3 is 1.82 bits per heavy atom. The minimum Gasteiger partial charge on any atom is -0.382 e. The quantitative estimate of drug-likeness (QED) is 0.464. The number of Topliss-reactive ketones (excluding diaryl/α,β-unsaturated/α-hetero) is 1. The summed E-state index contributed by atoms with van der Waals surface area (Å²) in [5.41, 5.74) is -2.74. The highest BCUT2D eigenvalue weighted by Gasteiger charge is 2.46. The lowest BCUT2D eigenvalue weighted by atomic mass is 9.89. The molecule has 0 bridgehead atoms. The van der Waals surface area contributed by atoms with Gasteiger partial charge in [-0.1, -0.05) is 19.1 Å². The zero-order valence-electron chi connectivity index (χ0n) is 18.2. The molecule has 1 fully saturated rings. The number of carbonyl (C=O) groups excluding carboxylic acids is 2. The second-order valence-electron chi connectivity index (χ2n) is 7.73. The van der Waals surface area contributed by atoms with Crippen molar-refractivity contribution in [1.29, 1.82) is 0 Å². The van der Waals surface area contributed by atoms with E-state index in [4.69, 9.17) is 4.74 Å². The number of amides is 1. The van der Waals surface area contributed by atoms with Crippen LogP contribution in [0.4, 0.5) is 30.7 Å². The summed E-state index contributed by atoms with van der Waals surface area (Å²) in [6, 6.07) is 7.45. The molecule has 2 aromatic carbocycles. The van der Waals surface area contributed by atoms with E-state index in [-0.39, 0.29) is 48.6 Å². The molecule has 0 aliphatic carbocycles. The van der Waals surface area contributed by atoms with Crippen LogP contribution in [0.3, 0.4) is 0 Å². The van der Waals surface area contributed by atoms with Crippen molar-refractivity contribution >= 4 is 11.7 Å². The van der Waals surface area contributed by atoms with Crippen LogP contribution < -0.4 is 5.32 Å². The summed E-state index contributed by atoms with van der Waals surface area (Å²) in [5, 5.41) is 2.67. The summed E-state index contributed by atoms with van der Waals surface area (Å²) in [7, 11) is 1.48. The topological polar surface area (TPSA) is 55.4 Å². The van der Waals surface area contributed by atoms with Gasteiger partial charge in [-0.05, 0) is 47.9 Å². The molecule has 11 heteroatoms. The van der Waals surface area contributed by atoms with E-state index in [1.54, 1.807) is 12.1 Å². The fraction of sp³-hybridized carbons (Fsp3) is 0.391. The highest BCUT2D eigenvalue weighted by atomic mass is 19.4. The number of carbonyl (C=O) groups is 2. The van der Waals surface area contributed by atoms with E-state index < -0.39 is 29.0 Å². The van der Waals surface area contributed by atoms with E-state index in [1.165, 1.54) is 26.2 Å². The van der Waals surface area contributed by atoms with Crippen LogP contribution in [0.1, 0.15) is 35.6 Å². The lowest BCUT2D eigenvalue weighted by Crippen LogP contribution is -2.52. The third kappa shape index (κ3) is 7.02. The molecule has 1 aliphatic heterocycles. The second kappa shape index (κ2) is 10.5. The Balaban J connectivity index is 0.000000242. The van der Waals surface area contributed by atoms with E-state index >= 15 is 0 Å². The molecular weight excluding hydrogens is 471 g/mol. The van der Waals surface area contributed by atoms with Gasteiger partial charge >= 0.3 is 12.4 Å². The number of hydrogen-bond acceptors (Lipinski definition) is 3. The molecule has 1 amide bonds. The summed E-state index contributed by atoms with van der Waals surface area (Å²) in [6.07, 6.45) is -9.21. The number of rotatable bonds is 5. The van der Waals surface area contributed by atoms with Gasteiger partial charge in [-0.2, -0.15) is 26.3 Å². The van der Waals surface area contributed by atoms with Crippen molar-refractivity contribution in [1.82, 2.24) is 5.32 Å². The predicted octanol–water partition coefficient (Wildman–Crippen LogP) is 5.13. The SMILES string of the molecule is CCc1cc(C(F)(F)F)cc(C(F)(F)F)c1.COC[C@]1(Cc2ccc(F)cc2)NC(=O)CC1=O. The maximum Gasteiger partial charge on any atom is 0.416 e. The molecular formula is C23H22F7NO3. The molecule has 0 aromatic heterocycles. The second-order valence-corrected chi connectivity index (χ2v) is 7.73. The third-order valence-electron chi connectivity index (χ3n) is 5.10. The number of ketones is 1. The Hall–Kier alpha value is -2.95. The highest BCUT2D eigenvalue weighted by molar-refractivity contribution is 6.10. The van der Waals surface area contributed by atoms with Crippen molar-refractivity contribution < 1.29 is 45.1 Å². The van der Waals surface area contributed by atoms with E-state index in [2.05, 4.69) is 5.32 Å². The highest BCUT2D eigenvalue weighted by Crippen LogP contribution is 2.36. The van der Waals surface area contributed by atoms with Crippen LogP contribution in [-0.2, 0) is 39.5 Å². The van der Waals surface area contributed by atoms with Gasteiger partial charge in [-0.15, -0.1) is 0 Å². The first-order valence-electron chi connectivity index (χ1n) is 10.1. The fourth-order valence-corrected chi connectivity index (χ4v) is 3.43. The molecule has 0 spiro atoms. The van der Waals surface area contributed by atoms with Crippen molar-refractivity contribution in [2.45, 2.75) is 44.1 Å². The first-order chi connectivity index (χ1) is 15.7. The van der Waals surface area contributed by atoms with Crippen LogP contribution in [0.15, 0.2) is 42.5 Å². The van der Waals surface area contributed by atoms with E-state index in [1.807, 2.05) is 0 Å². The molecule has 1 heterocycles. The van der Waals surface area contributed by atoms with E-state index in [9.17, 15) is 40.3 Å².